The van der Waals surface area contributed by atoms with Crippen LogP contribution in [0.4, 0.5) is 4.79 Å². The summed E-state index contributed by atoms with van der Waals surface area (Å²) in [7, 11) is -4.02. The summed E-state index contributed by atoms with van der Waals surface area (Å²) in [4.78, 5) is 74.0. The van der Waals surface area contributed by atoms with E-state index in [1.807, 2.05) is 12.2 Å². The number of sulfonamides is 1. The molecule has 16 heteroatoms. The summed E-state index contributed by atoms with van der Waals surface area (Å²) in [5.41, 5.74) is -1.20. The van der Waals surface area contributed by atoms with Crippen LogP contribution >= 0.6 is 0 Å². The Hall–Kier alpha value is -4.73. The van der Waals surface area contributed by atoms with Gasteiger partial charge in [-0.2, -0.15) is 0 Å². The van der Waals surface area contributed by atoms with E-state index in [1.165, 1.54) is 11.8 Å². The number of hydrogen-bond donors (Lipinski definition) is 4. The molecule has 288 valence electrons. The van der Waals surface area contributed by atoms with Gasteiger partial charge in [0, 0.05) is 42.1 Å². The number of fused-ring (bicyclic) bond motifs is 2. The zero-order chi connectivity index (χ0) is 38.6. The van der Waals surface area contributed by atoms with Gasteiger partial charge in [0.15, 0.2) is 0 Å². The van der Waals surface area contributed by atoms with Crippen LogP contribution in [-0.4, -0.2) is 93.7 Å². The van der Waals surface area contributed by atoms with E-state index in [4.69, 9.17) is 4.74 Å². The number of alkyl carbamates (subject to hydrolysis) is 1. The van der Waals surface area contributed by atoms with E-state index in [1.54, 1.807) is 75.2 Å². The Kier molecular flexibility index (Phi) is 12.0. The summed E-state index contributed by atoms with van der Waals surface area (Å²) in [5.74, 6) is -2.91. The lowest BCUT2D eigenvalue weighted by Crippen LogP contribution is -2.58. The summed E-state index contributed by atoms with van der Waals surface area (Å²) < 4.78 is 35.3. The molecule has 2 fully saturated rings. The van der Waals surface area contributed by atoms with Crippen molar-refractivity contribution in [1.82, 2.24) is 35.1 Å². The second-order valence-corrected chi connectivity index (χ2v) is 17.3. The molecular formula is C37H51N7O8S. The number of aromatic nitrogens is 2. The molecule has 3 heterocycles. The highest BCUT2D eigenvalue weighted by molar-refractivity contribution is 7.90. The van der Waals surface area contributed by atoms with Crippen LogP contribution in [-0.2, 0) is 29.1 Å². The predicted molar refractivity (Wildman–Crippen MR) is 196 cm³/mol. The topological polar surface area (TPSA) is 198 Å². The van der Waals surface area contributed by atoms with Gasteiger partial charge < -0.3 is 30.2 Å². The minimum absolute atomic E-state index is 0.0129. The first-order valence-corrected chi connectivity index (χ1v) is 19.8. The molecule has 3 aliphatic rings. The Balaban J connectivity index is 1.42. The quantitative estimate of drug-likeness (QED) is 0.293. The Morgan fingerprint density at radius 3 is 2.49 bits per heavy atom. The first kappa shape index (κ1) is 39.5. The van der Waals surface area contributed by atoms with Gasteiger partial charge in [0.25, 0.3) is 11.8 Å². The molecule has 5 amide bonds. The van der Waals surface area contributed by atoms with Crippen LogP contribution in [0, 0.1) is 5.92 Å². The Bertz CT molecular complexity index is 1810. The van der Waals surface area contributed by atoms with Gasteiger partial charge in [-0.1, -0.05) is 31.9 Å². The summed E-state index contributed by atoms with van der Waals surface area (Å²) in [6.45, 7) is 8.28. The van der Waals surface area contributed by atoms with E-state index in [9.17, 15) is 32.4 Å². The minimum Gasteiger partial charge on any atom is -0.444 e. The number of allylic oxidation sites excluding steroid dienone is 1. The minimum atomic E-state index is -4.02. The molecule has 0 bridgehead atoms. The molecule has 4 N–H and O–H groups in total. The van der Waals surface area contributed by atoms with Crippen molar-refractivity contribution < 1.29 is 37.1 Å². The second-order valence-electron chi connectivity index (χ2n) is 15.2. The first-order valence-electron chi connectivity index (χ1n) is 18.3. The summed E-state index contributed by atoms with van der Waals surface area (Å²) in [6.07, 6.45) is 11.6. The van der Waals surface area contributed by atoms with Crippen molar-refractivity contribution in [3.63, 3.8) is 0 Å². The number of amides is 5. The zero-order valence-electron chi connectivity index (χ0n) is 31.0. The van der Waals surface area contributed by atoms with Gasteiger partial charge in [-0.15, -0.1) is 0 Å². The largest absolute Gasteiger partial charge is 0.444 e. The van der Waals surface area contributed by atoms with Crippen LogP contribution in [0.15, 0.2) is 55.1 Å². The van der Waals surface area contributed by atoms with E-state index in [0.29, 0.717) is 18.4 Å². The SMILES string of the molecule is CCC(C)S(=O)(=O)NC(=O)[C@@]12C[C@H]1/C=C\CCCCC[C@H](NC(=O)OC(C)(C)C)C(=O)N1C[C@H](NC(=O)c3ccc(-n4ccnc4)cc3)C[C@H]1C(=O)N2. The fourth-order valence-electron chi connectivity index (χ4n) is 6.68. The number of carbonyl (C=O) groups is 5. The number of nitrogens with one attached hydrogen (secondary N) is 4. The molecule has 5 rings (SSSR count). The molecule has 53 heavy (non-hydrogen) atoms. The van der Waals surface area contributed by atoms with Crippen molar-refractivity contribution in [1.29, 1.82) is 0 Å². The Morgan fingerprint density at radius 1 is 1.09 bits per heavy atom. The summed E-state index contributed by atoms with van der Waals surface area (Å²) in [5, 5.41) is 7.65. The van der Waals surface area contributed by atoms with Gasteiger partial charge in [-0.25, -0.2) is 18.2 Å². The Labute approximate surface area is 310 Å². The smallest absolute Gasteiger partial charge is 0.408 e. The average molecular weight is 754 g/mol. The van der Waals surface area contributed by atoms with Crippen molar-refractivity contribution in [2.24, 2.45) is 5.92 Å². The summed E-state index contributed by atoms with van der Waals surface area (Å²) >= 11 is 0. The third-order valence-electron chi connectivity index (χ3n) is 9.98. The molecule has 15 nitrogen and oxygen atoms in total. The van der Waals surface area contributed by atoms with Gasteiger partial charge in [0.05, 0.1) is 11.6 Å². The van der Waals surface area contributed by atoms with E-state index >= 15 is 0 Å². The first-order chi connectivity index (χ1) is 25.0. The molecule has 6 atom stereocenters. The lowest BCUT2D eigenvalue weighted by atomic mass is 10.0. The highest BCUT2D eigenvalue weighted by Crippen LogP contribution is 2.45. The fourth-order valence-corrected chi connectivity index (χ4v) is 7.76. The number of ether oxygens (including phenoxy) is 1. The monoisotopic (exact) mass is 753 g/mol. The van der Waals surface area contributed by atoms with Crippen LogP contribution in [0.3, 0.4) is 0 Å². The molecule has 0 spiro atoms. The number of rotatable bonds is 8. The molecule has 0 radical (unpaired) electrons. The maximum atomic E-state index is 14.3. The van der Waals surface area contributed by atoms with Crippen LogP contribution in [0.2, 0.25) is 0 Å². The van der Waals surface area contributed by atoms with Gasteiger partial charge in [0.1, 0.15) is 23.2 Å². The van der Waals surface area contributed by atoms with Crippen LogP contribution in [0.1, 0.15) is 96.3 Å². The molecule has 1 aliphatic carbocycles. The summed E-state index contributed by atoms with van der Waals surface area (Å²) in [6, 6.07) is 4.02. The van der Waals surface area contributed by atoms with Crippen LogP contribution in [0.5, 0.6) is 0 Å². The molecule has 1 saturated heterocycles. The van der Waals surface area contributed by atoms with E-state index in [2.05, 4.69) is 25.7 Å². The number of hydrogen-bond acceptors (Lipinski definition) is 9. The molecule has 2 aromatic rings. The van der Waals surface area contributed by atoms with Gasteiger partial charge >= 0.3 is 6.09 Å². The van der Waals surface area contributed by atoms with E-state index < -0.39 is 80.2 Å². The van der Waals surface area contributed by atoms with Gasteiger partial charge in [-0.3, -0.25) is 23.9 Å². The molecule has 1 saturated carbocycles. The molecule has 2 aliphatic heterocycles. The highest BCUT2D eigenvalue weighted by atomic mass is 32.2. The zero-order valence-corrected chi connectivity index (χ0v) is 31.8. The van der Waals surface area contributed by atoms with Crippen molar-refractivity contribution in [3.05, 3.63) is 60.7 Å². The third-order valence-corrected chi connectivity index (χ3v) is 11.8. The lowest BCUT2D eigenvalue weighted by Gasteiger charge is -2.30. The molecule has 1 aromatic heterocycles. The highest BCUT2D eigenvalue weighted by Gasteiger charge is 2.61. The fraction of sp³-hybridized carbons (Fsp3) is 0.568. The van der Waals surface area contributed by atoms with Crippen LogP contribution < -0.4 is 20.7 Å². The third kappa shape index (κ3) is 9.64. The predicted octanol–water partition coefficient (Wildman–Crippen LogP) is 3.10. The lowest BCUT2D eigenvalue weighted by molar-refractivity contribution is -0.141. The van der Waals surface area contributed by atoms with E-state index in [-0.39, 0.29) is 32.2 Å². The molecular weight excluding hydrogens is 703 g/mol. The standard InChI is InChI=1S/C37H51N7O8S/c1-6-24(2)53(50,51)42-34(48)37-21-26(37)12-10-8-7-9-11-13-29(40-35(49)52-36(3,4)5)33(47)44-22-27(20-30(44)32(46)41-37)39-31(45)25-14-16-28(17-15-25)43-19-18-38-23-43/h10,12,14-19,23-24,26-27,29-30H,6-9,11,13,20-22H2,1-5H3,(H,39,45)(H,40,49)(H,41,46)(H,42,48)/b12-10-/t24?,26-,27-,29+,30+,37-/m1/s1. The molecule has 1 aromatic carbocycles. The van der Waals surface area contributed by atoms with Crippen molar-refractivity contribution in [2.75, 3.05) is 6.54 Å². The number of nitrogens with zero attached hydrogens (tertiary/aromatic N) is 3. The second kappa shape index (κ2) is 16.1. The molecule has 1 unspecified atom stereocenters. The maximum Gasteiger partial charge on any atom is 0.408 e. The van der Waals surface area contributed by atoms with Gasteiger partial charge in [0.2, 0.25) is 21.8 Å². The van der Waals surface area contributed by atoms with Gasteiger partial charge in [-0.05, 0) is 90.5 Å². The van der Waals surface area contributed by atoms with E-state index in [0.717, 1.165) is 18.5 Å². The van der Waals surface area contributed by atoms with Crippen molar-refractivity contribution >= 4 is 39.7 Å². The number of imidazole rings is 1. The number of benzene rings is 1. The van der Waals surface area contributed by atoms with Crippen molar-refractivity contribution in [2.45, 2.75) is 121 Å². The number of carbonyl (C=O) groups excluding carboxylic acids is 5. The normalized spacial score (nSPS) is 26.4. The van der Waals surface area contributed by atoms with Crippen molar-refractivity contribution in [3.8, 4) is 5.69 Å². The average Bonchev–Trinajstić information content (AvgIpc) is 3.40. The Morgan fingerprint density at radius 2 is 1.83 bits per heavy atom. The van der Waals surface area contributed by atoms with Crippen LogP contribution in [0.25, 0.3) is 5.69 Å². The maximum absolute atomic E-state index is 14.3.